The molecule has 0 saturated heterocycles. The maximum absolute atomic E-state index is 12.4. The molecule has 3 rings (SSSR count). The fourth-order valence-electron chi connectivity index (χ4n) is 2.61. The molecule has 0 radical (unpaired) electrons. The molecule has 1 aromatic carbocycles. The molecular formula is C18H19N3O3S. The molecule has 0 atom stereocenters. The summed E-state index contributed by atoms with van der Waals surface area (Å²) in [5.41, 5.74) is 0.772. The first-order valence-corrected chi connectivity index (χ1v) is 8.80. The van der Waals surface area contributed by atoms with Crippen LogP contribution in [0.5, 0.6) is 0 Å². The van der Waals surface area contributed by atoms with Gasteiger partial charge in [0.2, 0.25) is 5.91 Å². The molecule has 2 N–H and O–H groups in total. The quantitative estimate of drug-likeness (QED) is 0.753. The Hall–Kier alpha value is -2.67. The van der Waals surface area contributed by atoms with Crippen LogP contribution in [-0.4, -0.2) is 15.5 Å². The minimum absolute atomic E-state index is 0.328. The number of anilines is 1. The lowest BCUT2D eigenvalue weighted by Gasteiger charge is -2.09. The SMILES string of the molecule is Cc1cc2c(=O)n(CC(=O)Nc3ccc(C(C)C)cc3)c(=O)[nH]c2s1. The van der Waals surface area contributed by atoms with Crippen molar-refractivity contribution in [3.8, 4) is 0 Å². The number of thiophene rings is 1. The highest BCUT2D eigenvalue weighted by molar-refractivity contribution is 7.18. The van der Waals surface area contributed by atoms with E-state index < -0.39 is 17.2 Å². The van der Waals surface area contributed by atoms with Gasteiger partial charge in [-0.05, 0) is 36.6 Å². The molecule has 2 aromatic heterocycles. The van der Waals surface area contributed by atoms with Crippen LogP contribution in [0, 0.1) is 6.92 Å². The van der Waals surface area contributed by atoms with Crippen LogP contribution in [0.15, 0.2) is 39.9 Å². The van der Waals surface area contributed by atoms with Crippen LogP contribution < -0.4 is 16.6 Å². The van der Waals surface area contributed by atoms with Gasteiger partial charge in [0.05, 0.1) is 5.39 Å². The Labute approximate surface area is 148 Å². The number of hydrogen-bond acceptors (Lipinski definition) is 4. The van der Waals surface area contributed by atoms with Gasteiger partial charge in [0.1, 0.15) is 11.4 Å². The molecule has 130 valence electrons. The van der Waals surface area contributed by atoms with Crippen molar-refractivity contribution >= 4 is 33.1 Å². The summed E-state index contributed by atoms with van der Waals surface area (Å²) in [6.07, 6.45) is 0. The molecule has 7 heteroatoms. The number of hydrogen-bond donors (Lipinski definition) is 2. The third-order valence-electron chi connectivity index (χ3n) is 3.96. The molecular weight excluding hydrogens is 338 g/mol. The van der Waals surface area contributed by atoms with E-state index in [2.05, 4.69) is 24.1 Å². The minimum Gasteiger partial charge on any atom is -0.325 e. The summed E-state index contributed by atoms with van der Waals surface area (Å²) in [4.78, 5) is 40.9. The number of aromatic amines is 1. The maximum Gasteiger partial charge on any atom is 0.329 e. The zero-order valence-corrected chi connectivity index (χ0v) is 15.1. The summed E-state index contributed by atoms with van der Waals surface area (Å²) in [5.74, 6) is -0.0149. The minimum atomic E-state index is -0.579. The lowest BCUT2D eigenvalue weighted by Crippen LogP contribution is -2.38. The summed E-state index contributed by atoms with van der Waals surface area (Å²) in [6.45, 7) is 5.72. The fraction of sp³-hybridized carbons (Fsp3) is 0.278. The number of carbonyl (C=O) groups is 1. The van der Waals surface area contributed by atoms with Crippen molar-refractivity contribution in [2.24, 2.45) is 0 Å². The van der Waals surface area contributed by atoms with E-state index in [0.717, 1.165) is 9.44 Å². The highest BCUT2D eigenvalue weighted by atomic mass is 32.1. The molecule has 0 spiro atoms. The molecule has 0 aliphatic carbocycles. The summed E-state index contributed by atoms with van der Waals surface area (Å²) in [6, 6.07) is 9.23. The van der Waals surface area contributed by atoms with Crippen molar-refractivity contribution in [1.82, 2.24) is 9.55 Å². The Kier molecular flexibility index (Phi) is 4.59. The monoisotopic (exact) mass is 357 g/mol. The number of carbonyl (C=O) groups excluding carboxylic acids is 1. The molecule has 0 aliphatic heterocycles. The van der Waals surface area contributed by atoms with Crippen molar-refractivity contribution in [2.75, 3.05) is 5.32 Å². The van der Waals surface area contributed by atoms with E-state index in [1.165, 1.54) is 16.9 Å². The Morgan fingerprint density at radius 2 is 1.92 bits per heavy atom. The van der Waals surface area contributed by atoms with Gasteiger partial charge >= 0.3 is 5.69 Å². The number of nitrogens with zero attached hydrogens (tertiary/aromatic N) is 1. The zero-order valence-electron chi connectivity index (χ0n) is 14.3. The van der Waals surface area contributed by atoms with Crippen LogP contribution in [0.1, 0.15) is 30.2 Å². The Bertz CT molecular complexity index is 1040. The van der Waals surface area contributed by atoms with Crippen molar-refractivity contribution < 1.29 is 4.79 Å². The summed E-state index contributed by atoms with van der Waals surface area (Å²) >= 11 is 1.34. The van der Waals surface area contributed by atoms with Gasteiger partial charge < -0.3 is 5.32 Å². The number of H-pyrrole nitrogens is 1. The van der Waals surface area contributed by atoms with Gasteiger partial charge in [-0.15, -0.1) is 11.3 Å². The number of rotatable bonds is 4. The second-order valence-corrected chi connectivity index (χ2v) is 7.50. The normalized spacial score (nSPS) is 11.2. The molecule has 0 unspecified atom stereocenters. The number of fused-ring (bicyclic) bond motifs is 1. The van der Waals surface area contributed by atoms with E-state index in [1.54, 1.807) is 6.07 Å². The second-order valence-electron chi connectivity index (χ2n) is 6.25. The molecule has 25 heavy (non-hydrogen) atoms. The first-order valence-electron chi connectivity index (χ1n) is 7.98. The highest BCUT2D eigenvalue weighted by Crippen LogP contribution is 2.19. The van der Waals surface area contributed by atoms with E-state index in [4.69, 9.17) is 0 Å². The maximum atomic E-state index is 12.4. The van der Waals surface area contributed by atoms with Gasteiger partial charge in [-0.3, -0.25) is 19.1 Å². The van der Waals surface area contributed by atoms with E-state index >= 15 is 0 Å². The van der Waals surface area contributed by atoms with Gasteiger partial charge in [-0.25, -0.2) is 4.79 Å². The van der Waals surface area contributed by atoms with Crippen LogP contribution >= 0.6 is 11.3 Å². The third kappa shape index (κ3) is 3.56. The number of aryl methyl sites for hydroxylation is 1. The first-order chi connectivity index (χ1) is 11.8. The van der Waals surface area contributed by atoms with E-state index in [-0.39, 0.29) is 6.54 Å². The number of nitrogens with one attached hydrogen (secondary N) is 2. The van der Waals surface area contributed by atoms with Crippen molar-refractivity contribution in [1.29, 1.82) is 0 Å². The standard InChI is InChI=1S/C18H19N3O3S/c1-10(2)12-4-6-13(7-5-12)19-15(22)9-21-17(23)14-8-11(3)25-16(14)20-18(21)24/h4-8,10H,9H2,1-3H3,(H,19,22)(H,20,24). The van der Waals surface area contributed by atoms with E-state index in [0.29, 0.717) is 21.8 Å². The van der Waals surface area contributed by atoms with Gasteiger partial charge in [-0.1, -0.05) is 26.0 Å². The zero-order chi connectivity index (χ0) is 18.1. The summed E-state index contributed by atoms with van der Waals surface area (Å²) in [5, 5.41) is 3.14. The third-order valence-corrected chi connectivity index (χ3v) is 4.93. The summed E-state index contributed by atoms with van der Waals surface area (Å²) < 4.78 is 0.923. The van der Waals surface area contributed by atoms with Gasteiger partial charge in [0, 0.05) is 10.6 Å². The van der Waals surface area contributed by atoms with Crippen LogP contribution in [-0.2, 0) is 11.3 Å². The molecule has 0 aliphatic rings. The Morgan fingerprint density at radius 3 is 2.56 bits per heavy atom. The Balaban J connectivity index is 1.82. The fourth-order valence-corrected chi connectivity index (χ4v) is 3.50. The van der Waals surface area contributed by atoms with Crippen molar-refractivity contribution in [2.45, 2.75) is 33.2 Å². The van der Waals surface area contributed by atoms with Crippen LogP contribution in [0.25, 0.3) is 10.2 Å². The van der Waals surface area contributed by atoms with Crippen molar-refractivity contribution in [3.05, 3.63) is 61.6 Å². The van der Waals surface area contributed by atoms with Gasteiger partial charge in [-0.2, -0.15) is 0 Å². The number of amides is 1. The van der Waals surface area contributed by atoms with Crippen LogP contribution in [0.3, 0.4) is 0 Å². The molecule has 1 amide bonds. The largest absolute Gasteiger partial charge is 0.329 e. The Morgan fingerprint density at radius 1 is 1.24 bits per heavy atom. The molecule has 6 nitrogen and oxygen atoms in total. The average molecular weight is 357 g/mol. The number of aromatic nitrogens is 2. The smallest absolute Gasteiger partial charge is 0.325 e. The lowest BCUT2D eigenvalue weighted by molar-refractivity contribution is -0.116. The molecule has 0 bridgehead atoms. The van der Waals surface area contributed by atoms with E-state index in [9.17, 15) is 14.4 Å². The predicted octanol–water partition coefficient (Wildman–Crippen LogP) is 2.82. The number of benzene rings is 1. The molecule has 2 heterocycles. The predicted molar refractivity (Wildman–Crippen MR) is 101 cm³/mol. The van der Waals surface area contributed by atoms with E-state index in [1.807, 2.05) is 31.2 Å². The lowest BCUT2D eigenvalue weighted by atomic mass is 10.0. The van der Waals surface area contributed by atoms with Crippen LogP contribution in [0.2, 0.25) is 0 Å². The van der Waals surface area contributed by atoms with Gasteiger partial charge in [0.25, 0.3) is 5.56 Å². The van der Waals surface area contributed by atoms with Gasteiger partial charge in [0.15, 0.2) is 0 Å². The molecule has 0 saturated carbocycles. The second kappa shape index (κ2) is 6.68. The molecule has 0 fully saturated rings. The first kappa shape index (κ1) is 17.2. The summed E-state index contributed by atoms with van der Waals surface area (Å²) in [7, 11) is 0. The highest BCUT2D eigenvalue weighted by Gasteiger charge is 2.13. The average Bonchev–Trinajstić information content (AvgIpc) is 2.92. The topological polar surface area (TPSA) is 84.0 Å². The van der Waals surface area contributed by atoms with Crippen molar-refractivity contribution in [3.63, 3.8) is 0 Å². The molecule has 3 aromatic rings. The van der Waals surface area contributed by atoms with Crippen LogP contribution in [0.4, 0.5) is 5.69 Å².